The molecule has 1 amide bonds. The van der Waals surface area contributed by atoms with Crippen LogP contribution in [0, 0.1) is 0 Å². The molecule has 0 saturated carbocycles. The molecule has 0 aliphatic carbocycles. The van der Waals surface area contributed by atoms with E-state index in [1.807, 2.05) is 13.8 Å². The van der Waals surface area contributed by atoms with E-state index in [4.69, 9.17) is 11.6 Å². The van der Waals surface area contributed by atoms with Gasteiger partial charge in [-0.05, 0) is 49.7 Å². The number of ether oxygens (including phenoxy) is 1. The number of carbonyl (C=O) groups excluding carboxylic acids is 2. The van der Waals surface area contributed by atoms with Gasteiger partial charge in [0.05, 0.1) is 17.7 Å². The highest BCUT2D eigenvalue weighted by atomic mass is 35.5. The van der Waals surface area contributed by atoms with Crippen molar-refractivity contribution in [2.75, 3.05) is 14.2 Å². The number of methoxy groups -OCH3 is 1. The van der Waals surface area contributed by atoms with Crippen molar-refractivity contribution in [1.29, 1.82) is 0 Å². The second-order valence-electron chi connectivity index (χ2n) is 6.67. The number of amides is 1. The van der Waals surface area contributed by atoms with Crippen molar-refractivity contribution in [3.63, 3.8) is 0 Å². The third-order valence-electron chi connectivity index (χ3n) is 4.40. The molecule has 0 saturated heterocycles. The summed E-state index contributed by atoms with van der Waals surface area (Å²) in [5.41, 5.74) is 1.36. The molecule has 0 atom stereocenters. The lowest BCUT2D eigenvalue weighted by atomic mass is 10.1. The van der Waals surface area contributed by atoms with Gasteiger partial charge in [-0.25, -0.2) is 17.9 Å². The number of hydrogen-bond donors (Lipinski definition) is 1. The van der Waals surface area contributed by atoms with E-state index in [2.05, 4.69) is 9.46 Å². The number of nitrogens with zero attached hydrogens (tertiary/aromatic N) is 1. The summed E-state index contributed by atoms with van der Waals surface area (Å²) >= 11 is 6.04. The lowest BCUT2D eigenvalue weighted by Gasteiger charge is -2.21. The van der Waals surface area contributed by atoms with E-state index in [1.165, 1.54) is 25.3 Å². The van der Waals surface area contributed by atoms with Gasteiger partial charge in [0, 0.05) is 25.2 Å². The molecule has 156 valence electrons. The van der Waals surface area contributed by atoms with Crippen molar-refractivity contribution >= 4 is 33.5 Å². The summed E-state index contributed by atoms with van der Waals surface area (Å²) in [6.07, 6.45) is 0. The van der Waals surface area contributed by atoms with Gasteiger partial charge in [0.1, 0.15) is 4.90 Å². The van der Waals surface area contributed by atoms with Crippen LogP contribution in [0.25, 0.3) is 0 Å². The molecule has 0 aliphatic rings. The van der Waals surface area contributed by atoms with E-state index in [1.54, 1.807) is 36.2 Å². The van der Waals surface area contributed by atoms with Gasteiger partial charge in [0.25, 0.3) is 5.91 Å². The molecule has 2 aromatic carbocycles. The predicted molar refractivity (Wildman–Crippen MR) is 110 cm³/mol. The lowest BCUT2D eigenvalue weighted by Crippen LogP contribution is -2.32. The van der Waals surface area contributed by atoms with Gasteiger partial charge >= 0.3 is 5.97 Å². The molecule has 7 nitrogen and oxygen atoms in total. The molecule has 2 rings (SSSR count). The maximum absolute atomic E-state index is 12.5. The molecule has 0 aromatic heterocycles. The van der Waals surface area contributed by atoms with Crippen molar-refractivity contribution in [2.24, 2.45) is 0 Å². The molecule has 0 spiro atoms. The second-order valence-corrected chi connectivity index (χ2v) is 8.81. The Hall–Kier alpha value is -2.42. The minimum atomic E-state index is -3.90. The molecule has 0 unspecified atom stereocenters. The zero-order valence-electron chi connectivity index (χ0n) is 16.6. The van der Waals surface area contributed by atoms with E-state index in [0.717, 1.165) is 0 Å². The van der Waals surface area contributed by atoms with Gasteiger partial charge in [-0.1, -0.05) is 23.7 Å². The summed E-state index contributed by atoms with van der Waals surface area (Å²) in [5, 5.41) is -0.0851. The van der Waals surface area contributed by atoms with E-state index >= 15 is 0 Å². The van der Waals surface area contributed by atoms with Crippen molar-refractivity contribution < 1.29 is 22.7 Å². The number of rotatable bonds is 7. The van der Waals surface area contributed by atoms with Crippen LogP contribution in [0.1, 0.15) is 40.1 Å². The molecule has 1 N–H and O–H groups in total. The molecule has 9 heteroatoms. The fraction of sp³-hybridized carbons (Fsp3) is 0.300. The summed E-state index contributed by atoms with van der Waals surface area (Å²) in [7, 11) is -0.948. The molecular weight excluding hydrogens is 416 g/mol. The number of sulfonamides is 1. The number of esters is 1. The zero-order chi connectivity index (χ0) is 21.8. The monoisotopic (exact) mass is 438 g/mol. The average Bonchev–Trinajstić information content (AvgIpc) is 2.70. The predicted octanol–water partition coefficient (Wildman–Crippen LogP) is 3.09. The highest BCUT2D eigenvalue weighted by molar-refractivity contribution is 7.89. The first-order chi connectivity index (χ1) is 13.6. The van der Waals surface area contributed by atoms with Crippen LogP contribution in [0.2, 0.25) is 5.02 Å². The second kappa shape index (κ2) is 9.39. The van der Waals surface area contributed by atoms with Crippen molar-refractivity contribution in [3.8, 4) is 0 Å². The Labute approximate surface area is 175 Å². The smallest absolute Gasteiger partial charge is 0.337 e. The van der Waals surface area contributed by atoms with Crippen molar-refractivity contribution in [3.05, 3.63) is 64.2 Å². The Kier molecular flexibility index (Phi) is 7.40. The van der Waals surface area contributed by atoms with Gasteiger partial charge < -0.3 is 9.64 Å². The Morgan fingerprint density at radius 2 is 1.69 bits per heavy atom. The quantitative estimate of drug-likeness (QED) is 0.670. The molecule has 2 aromatic rings. The maximum atomic E-state index is 12.5. The fourth-order valence-electron chi connectivity index (χ4n) is 2.42. The van der Waals surface area contributed by atoms with Crippen molar-refractivity contribution in [2.45, 2.75) is 31.3 Å². The number of carbonyl (C=O) groups is 2. The van der Waals surface area contributed by atoms with E-state index in [-0.39, 0.29) is 34.0 Å². The van der Waals surface area contributed by atoms with E-state index < -0.39 is 16.0 Å². The first kappa shape index (κ1) is 22.9. The van der Waals surface area contributed by atoms with Crippen LogP contribution in [-0.4, -0.2) is 45.4 Å². The largest absolute Gasteiger partial charge is 0.465 e. The van der Waals surface area contributed by atoms with Gasteiger partial charge in [-0.15, -0.1) is 0 Å². The summed E-state index contributed by atoms with van der Waals surface area (Å²) in [5.74, 6) is -0.717. The Balaban J connectivity index is 2.11. The topological polar surface area (TPSA) is 92.8 Å². The Morgan fingerprint density at radius 3 is 2.21 bits per heavy atom. The SMILES string of the molecule is COC(=O)c1ccc(S(=O)(=O)NCc2ccc(C(=O)N(C)C(C)C)cc2)c(Cl)c1. The first-order valence-corrected chi connectivity index (χ1v) is 10.7. The number of benzene rings is 2. The van der Waals surface area contributed by atoms with E-state index in [9.17, 15) is 18.0 Å². The third kappa shape index (κ3) is 5.56. The average molecular weight is 439 g/mol. The standard InChI is InChI=1S/C20H23ClN2O5S/c1-13(2)23(3)19(24)15-7-5-14(6-8-15)12-22-29(26,27)18-10-9-16(11-17(18)21)20(25)28-4/h5-11,13,22H,12H2,1-4H3. The normalized spacial score (nSPS) is 11.4. The molecule has 0 fully saturated rings. The van der Waals surface area contributed by atoms with E-state index in [0.29, 0.717) is 11.1 Å². The summed E-state index contributed by atoms with van der Waals surface area (Å²) < 4.78 is 32.1. The van der Waals surface area contributed by atoms with Crippen LogP contribution >= 0.6 is 11.6 Å². The van der Waals surface area contributed by atoms with Crippen LogP contribution in [0.4, 0.5) is 0 Å². The van der Waals surface area contributed by atoms with Crippen molar-refractivity contribution in [1.82, 2.24) is 9.62 Å². The maximum Gasteiger partial charge on any atom is 0.337 e. The Morgan fingerprint density at radius 1 is 1.10 bits per heavy atom. The minimum absolute atomic E-state index is 0.0197. The first-order valence-electron chi connectivity index (χ1n) is 8.80. The minimum Gasteiger partial charge on any atom is -0.465 e. The van der Waals surface area contributed by atoms with Crippen LogP contribution in [0.3, 0.4) is 0 Å². The van der Waals surface area contributed by atoms with Gasteiger partial charge in [-0.2, -0.15) is 0 Å². The highest BCUT2D eigenvalue weighted by Crippen LogP contribution is 2.23. The fourth-order valence-corrected chi connectivity index (χ4v) is 3.98. The molecule has 0 radical (unpaired) electrons. The van der Waals surface area contributed by atoms with Gasteiger partial charge in [0.15, 0.2) is 0 Å². The molecule has 0 heterocycles. The summed E-state index contributed by atoms with van der Waals surface area (Å²) in [6, 6.07) is 10.6. The van der Waals surface area contributed by atoms with Gasteiger partial charge in [-0.3, -0.25) is 4.79 Å². The molecular formula is C20H23ClN2O5S. The molecule has 29 heavy (non-hydrogen) atoms. The highest BCUT2D eigenvalue weighted by Gasteiger charge is 2.20. The van der Waals surface area contributed by atoms with Gasteiger partial charge in [0.2, 0.25) is 10.0 Å². The molecule has 0 aliphatic heterocycles. The number of halogens is 1. The molecule has 0 bridgehead atoms. The lowest BCUT2D eigenvalue weighted by molar-refractivity contribution is 0.0600. The number of hydrogen-bond acceptors (Lipinski definition) is 5. The van der Waals surface area contributed by atoms with Crippen LogP contribution in [0.5, 0.6) is 0 Å². The summed E-state index contributed by atoms with van der Waals surface area (Å²) in [4.78, 5) is 25.3. The third-order valence-corrected chi connectivity index (χ3v) is 6.29. The number of nitrogens with one attached hydrogen (secondary N) is 1. The van der Waals surface area contributed by atoms with Crippen LogP contribution < -0.4 is 4.72 Å². The van der Waals surface area contributed by atoms with Crippen LogP contribution in [-0.2, 0) is 21.3 Å². The summed E-state index contributed by atoms with van der Waals surface area (Å²) in [6.45, 7) is 3.86. The zero-order valence-corrected chi connectivity index (χ0v) is 18.2. The Bertz CT molecular complexity index is 1000. The van der Waals surface area contributed by atoms with Crippen LogP contribution in [0.15, 0.2) is 47.4 Å².